The van der Waals surface area contributed by atoms with Crippen LogP contribution in [0.3, 0.4) is 0 Å². The summed E-state index contributed by atoms with van der Waals surface area (Å²) in [5.41, 5.74) is 2.70. The first-order chi connectivity index (χ1) is 9.72. The Morgan fingerprint density at radius 3 is 2.95 bits per heavy atom. The van der Waals surface area contributed by atoms with Crippen LogP contribution in [0.25, 0.3) is 11.1 Å². The largest absolute Gasteiger partial charge is 0.441 e. The Balaban J connectivity index is 1.62. The molecule has 1 N–H and O–H groups in total. The molecule has 1 aliphatic rings. The van der Waals surface area contributed by atoms with Gasteiger partial charge in [-0.3, -0.25) is 4.79 Å². The van der Waals surface area contributed by atoms with Crippen LogP contribution in [0.1, 0.15) is 43.6 Å². The SMILES string of the molecule is Cc1nc2ccc(CNC(=O)C3CCCCC3)cc2o1. The minimum absolute atomic E-state index is 0.193. The van der Waals surface area contributed by atoms with Crippen LogP contribution in [0.15, 0.2) is 22.6 Å². The first-order valence-corrected chi connectivity index (χ1v) is 7.36. The molecule has 1 aromatic heterocycles. The maximum absolute atomic E-state index is 12.1. The summed E-state index contributed by atoms with van der Waals surface area (Å²) < 4.78 is 5.51. The summed E-state index contributed by atoms with van der Waals surface area (Å²) in [6, 6.07) is 5.88. The molecule has 1 fully saturated rings. The maximum Gasteiger partial charge on any atom is 0.223 e. The molecule has 0 radical (unpaired) electrons. The quantitative estimate of drug-likeness (QED) is 0.932. The van der Waals surface area contributed by atoms with Crippen molar-refractivity contribution in [2.24, 2.45) is 5.92 Å². The van der Waals surface area contributed by atoms with Crippen LogP contribution in [0.5, 0.6) is 0 Å². The molecule has 1 aromatic carbocycles. The average molecular weight is 272 g/mol. The van der Waals surface area contributed by atoms with E-state index < -0.39 is 0 Å². The van der Waals surface area contributed by atoms with Gasteiger partial charge in [0.05, 0.1) is 0 Å². The van der Waals surface area contributed by atoms with Crippen molar-refractivity contribution in [1.82, 2.24) is 10.3 Å². The number of hydrogen-bond acceptors (Lipinski definition) is 3. The van der Waals surface area contributed by atoms with Gasteiger partial charge in [-0.05, 0) is 30.5 Å². The van der Waals surface area contributed by atoms with Gasteiger partial charge >= 0.3 is 0 Å². The third kappa shape index (κ3) is 2.84. The van der Waals surface area contributed by atoms with Gasteiger partial charge in [-0.25, -0.2) is 4.98 Å². The lowest BCUT2D eigenvalue weighted by atomic mass is 9.88. The van der Waals surface area contributed by atoms with E-state index in [-0.39, 0.29) is 11.8 Å². The van der Waals surface area contributed by atoms with Crippen LogP contribution in [0.2, 0.25) is 0 Å². The topological polar surface area (TPSA) is 55.1 Å². The van der Waals surface area contributed by atoms with Gasteiger partial charge in [0.2, 0.25) is 5.91 Å². The highest BCUT2D eigenvalue weighted by Gasteiger charge is 2.20. The van der Waals surface area contributed by atoms with E-state index in [0.717, 1.165) is 29.5 Å². The summed E-state index contributed by atoms with van der Waals surface area (Å²) in [4.78, 5) is 16.4. The first-order valence-electron chi connectivity index (χ1n) is 7.36. The number of rotatable bonds is 3. The molecule has 0 atom stereocenters. The number of amides is 1. The van der Waals surface area contributed by atoms with Crippen LogP contribution in [-0.2, 0) is 11.3 Å². The summed E-state index contributed by atoms with van der Waals surface area (Å²) >= 11 is 0. The van der Waals surface area contributed by atoms with E-state index >= 15 is 0 Å². The zero-order valence-corrected chi connectivity index (χ0v) is 11.8. The molecule has 1 saturated carbocycles. The fourth-order valence-electron chi connectivity index (χ4n) is 2.89. The molecule has 2 aromatic rings. The van der Waals surface area contributed by atoms with Gasteiger partial charge in [-0.2, -0.15) is 0 Å². The second-order valence-electron chi connectivity index (χ2n) is 5.59. The molecule has 3 rings (SSSR count). The van der Waals surface area contributed by atoms with Gasteiger partial charge in [0.25, 0.3) is 0 Å². The third-order valence-corrected chi connectivity index (χ3v) is 4.00. The molecule has 1 heterocycles. The normalized spacial score (nSPS) is 16.4. The van der Waals surface area contributed by atoms with Gasteiger partial charge < -0.3 is 9.73 Å². The van der Waals surface area contributed by atoms with Crippen molar-refractivity contribution >= 4 is 17.0 Å². The van der Waals surface area contributed by atoms with E-state index in [2.05, 4.69) is 10.3 Å². The molecule has 0 aliphatic heterocycles. The molecule has 0 saturated heterocycles. The number of fused-ring (bicyclic) bond motifs is 1. The van der Waals surface area contributed by atoms with Crippen LogP contribution < -0.4 is 5.32 Å². The summed E-state index contributed by atoms with van der Waals surface area (Å²) in [6.45, 7) is 2.40. The van der Waals surface area contributed by atoms with Crippen LogP contribution in [0, 0.1) is 12.8 Å². The van der Waals surface area contributed by atoms with E-state index in [9.17, 15) is 4.79 Å². The Kier molecular flexibility index (Phi) is 3.72. The molecule has 0 spiro atoms. The van der Waals surface area contributed by atoms with Crippen molar-refractivity contribution in [3.63, 3.8) is 0 Å². The van der Waals surface area contributed by atoms with Gasteiger partial charge in [0, 0.05) is 19.4 Å². The fraction of sp³-hybridized carbons (Fsp3) is 0.500. The van der Waals surface area contributed by atoms with Gasteiger partial charge in [-0.1, -0.05) is 25.3 Å². The Morgan fingerprint density at radius 2 is 2.15 bits per heavy atom. The standard InChI is InChI=1S/C16H20N2O2/c1-11-18-14-8-7-12(9-15(14)20-11)10-17-16(19)13-5-3-2-4-6-13/h7-9,13H,2-6,10H2,1H3,(H,17,19). The summed E-state index contributed by atoms with van der Waals surface area (Å²) in [7, 11) is 0. The minimum Gasteiger partial charge on any atom is -0.441 e. The van der Waals surface area contributed by atoms with Crippen LogP contribution in [-0.4, -0.2) is 10.9 Å². The average Bonchev–Trinajstić information content (AvgIpc) is 2.85. The predicted molar refractivity (Wildman–Crippen MR) is 77.2 cm³/mol. The van der Waals surface area contributed by atoms with E-state index in [1.165, 1.54) is 19.3 Å². The van der Waals surface area contributed by atoms with Gasteiger partial charge in [0.1, 0.15) is 5.52 Å². The minimum atomic E-state index is 0.193. The smallest absolute Gasteiger partial charge is 0.223 e. The molecule has 20 heavy (non-hydrogen) atoms. The highest BCUT2D eigenvalue weighted by Crippen LogP contribution is 2.24. The highest BCUT2D eigenvalue weighted by molar-refractivity contribution is 5.79. The molecule has 106 valence electrons. The number of carbonyl (C=O) groups is 1. The molecule has 0 bridgehead atoms. The zero-order chi connectivity index (χ0) is 13.9. The Morgan fingerprint density at radius 1 is 1.35 bits per heavy atom. The summed E-state index contributed by atoms with van der Waals surface area (Å²) in [5, 5.41) is 3.04. The zero-order valence-electron chi connectivity index (χ0n) is 11.8. The number of aryl methyl sites for hydroxylation is 1. The van der Waals surface area contributed by atoms with Gasteiger partial charge in [0.15, 0.2) is 11.5 Å². The van der Waals surface area contributed by atoms with Crippen LogP contribution >= 0.6 is 0 Å². The molecule has 0 unspecified atom stereocenters. The number of hydrogen-bond donors (Lipinski definition) is 1. The lowest BCUT2D eigenvalue weighted by Gasteiger charge is -2.20. The molecule has 1 amide bonds. The fourth-order valence-corrected chi connectivity index (χ4v) is 2.89. The van der Waals surface area contributed by atoms with Crippen molar-refractivity contribution in [3.05, 3.63) is 29.7 Å². The lowest BCUT2D eigenvalue weighted by molar-refractivity contribution is -0.126. The lowest BCUT2D eigenvalue weighted by Crippen LogP contribution is -2.31. The van der Waals surface area contributed by atoms with Crippen LogP contribution in [0.4, 0.5) is 0 Å². The number of benzene rings is 1. The van der Waals surface area contributed by atoms with Crippen molar-refractivity contribution in [2.75, 3.05) is 0 Å². The predicted octanol–water partition coefficient (Wildman–Crippen LogP) is 3.33. The van der Waals surface area contributed by atoms with Crippen molar-refractivity contribution in [1.29, 1.82) is 0 Å². The summed E-state index contributed by atoms with van der Waals surface area (Å²) in [5.74, 6) is 1.07. The van der Waals surface area contributed by atoms with E-state index in [1.54, 1.807) is 0 Å². The maximum atomic E-state index is 12.1. The van der Waals surface area contributed by atoms with E-state index in [0.29, 0.717) is 12.4 Å². The van der Waals surface area contributed by atoms with Gasteiger partial charge in [-0.15, -0.1) is 0 Å². The number of aromatic nitrogens is 1. The number of carbonyl (C=O) groups excluding carboxylic acids is 1. The first kappa shape index (κ1) is 13.2. The number of nitrogens with zero attached hydrogens (tertiary/aromatic N) is 1. The Labute approximate surface area is 118 Å². The molecule has 1 aliphatic carbocycles. The van der Waals surface area contributed by atoms with Crippen molar-refractivity contribution < 1.29 is 9.21 Å². The van der Waals surface area contributed by atoms with Crippen molar-refractivity contribution in [2.45, 2.75) is 45.6 Å². The Hall–Kier alpha value is -1.84. The second kappa shape index (κ2) is 5.65. The van der Waals surface area contributed by atoms with Crippen molar-refractivity contribution in [3.8, 4) is 0 Å². The second-order valence-corrected chi connectivity index (χ2v) is 5.59. The highest BCUT2D eigenvalue weighted by atomic mass is 16.3. The molecular formula is C16H20N2O2. The number of nitrogens with one attached hydrogen (secondary N) is 1. The van der Waals surface area contributed by atoms with E-state index in [1.807, 2.05) is 25.1 Å². The molecule has 4 nitrogen and oxygen atoms in total. The molecule has 4 heteroatoms. The monoisotopic (exact) mass is 272 g/mol. The number of oxazole rings is 1. The molecular weight excluding hydrogens is 252 g/mol. The van der Waals surface area contributed by atoms with E-state index in [4.69, 9.17) is 4.42 Å². The Bertz CT molecular complexity index is 612. The third-order valence-electron chi connectivity index (χ3n) is 4.00. The summed E-state index contributed by atoms with van der Waals surface area (Å²) in [6.07, 6.45) is 5.70.